The van der Waals surface area contributed by atoms with E-state index in [2.05, 4.69) is 30.4 Å². The van der Waals surface area contributed by atoms with Gasteiger partial charge in [0, 0.05) is 5.92 Å². The van der Waals surface area contributed by atoms with Gasteiger partial charge in [0.15, 0.2) is 5.41 Å². The molecule has 0 amide bonds. The molecule has 0 fully saturated rings. The van der Waals surface area contributed by atoms with E-state index in [4.69, 9.17) is 5.73 Å². The van der Waals surface area contributed by atoms with Gasteiger partial charge in [-0.2, -0.15) is 15.8 Å². The zero-order valence-corrected chi connectivity index (χ0v) is 14.8. The number of hydrogen-bond donors (Lipinski definition) is 1. The maximum absolute atomic E-state index is 10.0. The first-order valence-electron chi connectivity index (χ1n) is 9.08. The summed E-state index contributed by atoms with van der Waals surface area (Å²) in [5, 5.41) is 31.9. The highest BCUT2D eigenvalue weighted by Crippen LogP contribution is 2.55. The molecule has 0 radical (unpaired) electrons. The molecule has 2 aliphatic carbocycles. The van der Waals surface area contributed by atoms with E-state index in [1.165, 1.54) is 0 Å². The van der Waals surface area contributed by atoms with E-state index in [1.807, 2.05) is 36.4 Å². The topological polar surface area (TPSA) is 97.4 Å². The zero-order chi connectivity index (χ0) is 19.0. The van der Waals surface area contributed by atoms with E-state index < -0.39 is 5.41 Å². The molecule has 0 saturated heterocycles. The minimum atomic E-state index is -1.53. The molecule has 0 saturated carbocycles. The fourth-order valence-electron chi connectivity index (χ4n) is 4.65. The molecule has 2 unspecified atom stereocenters. The summed E-state index contributed by atoms with van der Waals surface area (Å²) < 4.78 is 0. The normalized spacial score (nSPS) is 23.5. The molecular weight excluding hydrogens is 332 g/mol. The summed E-state index contributed by atoms with van der Waals surface area (Å²) >= 11 is 0. The average molecular weight is 350 g/mol. The maximum atomic E-state index is 10.0. The van der Waals surface area contributed by atoms with Crippen molar-refractivity contribution in [1.82, 2.24) is 0 Å². The molecule has 2 aliphatic rings. The molecule has 0 aliphatic heterocycles. The molecule has 4 rings (SSSR count). The number of benzene rings is 2. The van der Waals surface area contributed by atoms with E-state index in [0.717, 1.165) is 41.2 Å². The van der Waals surface area contributed by atoms with Crippen molar-refractivity contribution >= 4 is 10.8 Å². The van der Waals surface area contributed by atoms with Crippen LogP contribution < -0.4 is 5.73 Å². The Hall–Kier alpha value is -3.55. The molecule has 2 aromatic carbocycles. The number of fused-ring (bicyclic) bond motifs is 2. The molecule has 0 bridgehead atoms. The fraction of sp³-hybridized carbons (Fsp3) is 0.261. The molecule has 0 aromatic heterocycles. The summed E-state index contributed by atoms with van der Waals surface area (Å²) in [7, 11) is 0. The molecule has 4 nitrogen and oxygen atoms in total. The van der Waals surface area contributed by atoms with Gasteiger partial charge >= 0.3 is 0 Å². The van der Waals surface area contributed by atoms with Crippen molar-refractivity contribution in [2.45, 2.75) is 25.2 Å². The van der Waals surface area contributed by atoms with Crippen molar-refractivity contribution in [2.75, 3.05) is 0 Å². The largest absolute Gasteiger partial charge is 0.399 e. The third-order valence-corrected chi connectivity index (χ3v) is 5.93. The van der Waals surface area contributed by atoms with Crippen LogP contribution in [-0.4, -0.2) is 0 Å². The first-order valence-corrected chi connectivity index (χ1v) is 9.08. The summed E-state index contributed by atoms with van der Waals surface area (Å²) in [5.74, 6) is -0.443. The van der Waals surface area contributed by atoms with Gasteiger partial charge in [-0.05, 0) is 47.1 Å². The van der Waals surface area contributed by atoms with Crippen molar-refractivity contribution in [3.05, 3.63) is 70.9 Å². The van der Waals surface area contributed by atoms with Crippen LogP contribution in [0.5, 0.6) is 0 Å². The van der Waals surface area contributed by atoms with Crippen LogP contribution in [0.1, 0.15) is 30.7 Å². The van der Waals surface area contributed by atoms with Crippen molar-refractivity contribution in [3.8, 4) is 18.2 Å². The lowest BCUT2D eigenvalue weighted by Gasteiger charge is -2.43. The number of hydrogen-bond acceptors (Lipinski definition) is 4. The molecule has 0 spiro atoms. The van der Waals surface area contributed by atoms with Crippen LogP contribution in [0.2, 0.25) is 0 Å². The highest BCUT2D eigenvalue weighted by molar-refractivity contribution is 5.83. The molecule has 27 heavy (non-hydrogen) atoms. The standard InChI is InChI=1S/C23H18N4/c24-12-20-18-7-3-4-8-19(18)21(23(13-25,14-26)22(20)27)17-10-9-15-5-1-2-6-16(15)11-17/h1-2,5-7,9-11,19,21H,3-4,8,27H2. The van der Waals surface area contributed by atoms with Crippen molar-refractivity contribution in [1.29, 1.82) is 15.8 Å². The number of nitriles is 3. The highest BCUT2D eigenvalue weighted by Gasteiger charge is 2.53. The van der Waals surface area contributed by atoms with Gasteiger partial charge in [-0.3, -0.25) is 0 Å². The summed E-state index contributed by atoms with van der Waals surface area (Å²) in [5.41, 5.74) is 7.02. The third kappa shape index (κ3) is 2.33. The van der Waals surface area contributed by atoms with Crippen molar-refractivity contribution < 1.29 is 0 Å². The molecule has 0 heterocycles. The monoisotopic (exact) mass is 350 g/mol. The Bertz CT molecular complexity index is 1100. The Balaban J connectivity index is 2.01. The van der Waals surface area contributed by atoms with E-state index in [1.54, 1.807) is 0 Å². The highest BCUT2D eigenvalue weighted by atomic mass is 14.7. The van der Waals surface area contributed by atoms with Crippen LogP contribution in [0.25, 0.3) is 10.8 Å². The van der Waals surface area contributed by atoms with Gasteiger partial charge in [0.1, 0.15) is 6.07 Å². The fourth-order valence-corrected chi connectivity index (χ4v) is 4.65. The molecular formula is C23H18N4. The lowest BCUT2D eigenvalue weighted by atomic mass is 9.56. The zero-order valence-electron chi connectivity index (χ0n) is 14.8. The smallest absolute Gasteiger partial charge is 0.191 e. The lowest BCUT2D eigenvalue weighted by molar-refractivity contribution is 0.318. The van der Waals surface area contributed by atoms with Crippen LogP contribution in [-0.2, 0) is 0 Å². The molecule has 2 atom stereocenters. The SMILES string of the molecule is N#CC1=C(N)C(C#N)(C#N)C(c2ccc3ccccc3c2)C2CCCC=C12. The van der Waals surface area contributed by atoms with E-state index in [0.29, 0.717) is 5.57 Å². The maximum Gasteiger partial charge on any atom is 0.191 e. The van der Waals surface area contributed by atoms with Crippen molar-refractivity contribution in [3.63, 3.8) is 0 Å². The number of nitrogens with zero attached hydrogens (tertiary/aromatic N) is 3. The van der Waals surface area contributed by atoms with Gasteiger partial charge in [0.05, 0.1) is 23.4 Å². The first kappa shape index (κ1) is 16.9. The Morgan fingerprint density at radius 3 is 2.44 bits per heavy atom. The third-order valence-electron chi connectivity index (χ3n) is 5.93. The quantitative estimate of drug-likeness (QED) is 0.822. The van der Waals surface area contributed by atoms with Crippen LogP contribution in [0, 0.1) is 45.3 Å². The van der Waals surface area contributed by atoms with Crippen molar-refractivity contribution in [2.24, 2.45) is 17.1 Å². The summed E-state index contributed by atoms with van der Waals surface area (Å²) in [6.45, 7) is 0. The van der Waals surface area contributed by atoms with Gasteiger partial charge in [0.25, 0.3) is 0 Å². The lowest BCUT2D eigenvalue weighted by Crippen LogP contribution is -2.42. The van der Waals surface area contributed by atoms with E-state index >= 15 is 0 Å². The van der Waals surface area contributed by atoms with Gasteiger partial charge in [-0.25, -0.2) is 0 Å². The van der Waals surface area contributed by atoms with Crippen LogP contribution in [0.4, 0.5) is 0 Å². The minimum absolute atomic E-state index is 0.0545. The van der Waals surface area contributed by atoms with E-state index in [9.17, 15) is 15.8 Å². The Morgan fingerprint density at radius 2 is 1.74 bits per heavy atom. The Kier molecular flexibility index (Phi) is 3.95. The van der Waals surface area contributed by atoms with Crippen LogP contribution >= 0.6 is 0 Å². The number of rotatable bonds is 1. The summed E-state index contributed by atoms with van der Waals surface area (Å²) in [6.07, 6.45) is 4.77. The van der Waals surface area contributed by atoms with Gasteiger partial charge in [0.2, 0.25) is 0 Å². The second-order valence-electron chi connectivity index (χ2n) is 7.21. The van der Waals surface area contributed by atoms with Gasteiger partial charge < -0.3 is 5.73 Å². The predicted octanol–water partition coefficient (Wildman–Crippen LogP) is 4.43. The Labute approximate surface area is 158 Å². The van der Waals surface area contributed by atoms with Crippen LogP contribution in [0.15, 0.2) is 65.4 Å². The number of allylic oxidation sites excluding steroid dienone is 4. The van der Waals surface area contributed by atoms with Gasteiger partial charge in [-0.1, -0.05) is 48.5 Å². The van der Waals surface area contributed by atoms with Crippen LogP contribution in [0.3, 0.4) is 0 Å². The van der Waals surface area contributed by atoms with Gasteiger partial charge in [-0.15, -0.1) is 0 Å². The first-order chi connectivity index (χ1) is 13.2. The summed E-state index contributed by atoms with van der Waals surface area (Å²) in [4.78, 5) is 0. The minimum Gasteiger partial charge on any atom is -0.399 e. The summed E-state index contributed by atoms with van der Waals surface area (Å²) in [6, 6.07) is 20.6. The van der Waals surface area contributed by atoms with E-state index in [-0.39, 0.29) is 17.5 Å². The molecule has 130 valence electrons. The second kappa shape index (κ2) is 6.31. The average Bonchev–Trinajstić information content (AvgIpc) is 2.72. The predicted molar refractivity (Wildman–Crippen MR) is 103 cm³/mol. The molecule has 2 aromatic rings. The second-order valence-corrected chi connectivity index (χ2v) is 7.21. The molecule has 2 N–H and O–H groups in total. The molecule has 4 heteroatoms. The number of nitrogens with two attached hydrogens (primary N) is 1. The Morgan fingerprint density at radius 1 is 1.00 bits per heavy atom.